The van der Waals surface area contributed by atoms with Gasteiger partial charge in [0.1, 0.15) is 17.2 Å². The van der Waals surface area contributed by atoms with Crippen molar-refractivity contribution in [3.63, 3.8) is 0 Å². The highest BCUT2D eigenvalue weighted by atomic mass is 16.5. The van der Waals surface area contributed by atoms with Crippen molar-refractivity contribution in [3.8, 4) is 40.2 Å². The lowest BCUT2D eigenvalue weighted by Gasteiger charge is -2.26. The quantitative estimate of drug-likeness (QED) is 0.295. The summed E-state index contributed by atoms with van der Waals surface area (Å²) in [4.78, 5) is 25.8. The standard InChI is InChI=1S/C28H24O9/c1-32-19-7-5-14(9-18(19)29)17-12-25(30)36-20-8-6-16-27(31)24(37-28(16)26(17)20)11-15-10-22(34-3)23(35-4)13-21(15)33-2/h5-11,13,17,29H,12H2,1-4H3/b24-11-/t17-/m0/s1. The zero-order valence-electron chi connectivity index (χ0n) is 20.6. The van der Waals surface area contributed by atoms with Gasteiger partial charge in [-0.1, -0.05) is 6.07 Å². The van der Waals surface area contributed by atoms with Gasteiger partial charge in [0, 0.05) is 23.1 Å². The number of aromatic hydroxyl groups is 1. The van der Waals surface area contributed by atoms with E-state index in [0.717, 1.165) is 0 Å². The van der Waals surface area contributed by atoms with E-state index in [1.165, 1.54) is 34.5 Å². The SMILES string of the molecule is COc1ccc([C@@H]2CC(=O)Oc3ccc4c(c32)O/C(=C\c2cc(OC)c(OC)cc2OC)C4=O)cc1O. The van der Waals surface area contributed by atoms with Crippen LogP contribution in [0.2, 0.25) is 0 Å². The van der Waals surface area contributed by atoms with Gasteiger partial charge in [0.05, 0.1) is 40.4 Å². The maximum Gasteiger partial charge on any atom is 0.312 e. The molecule has 3 aromatic carbocycles. The van der Waals surface area contributed by atoms with Gasteiger partial charge in [-0.25, -0.2) is 0 Å². The van der Waals surface area contributed by atoms with E-state index in [4.69, 9.17) is 28.4 Å². The van der Waals surface area contributed by atoms with E-state index in [1.807, 2.05) is 0 Å². The van der Waals surface area contributed by atoms with Crippen LogP contribution < -0.4 is 28.4 Å². The second-order valence-corrected chi connectivity index (χ2v) is 8.41. The highest BCUT2D eigenvalue weighted by molar-refractivity contribution is 6.15. The molecule has 0 unspecified atom stereocenters. The Kier molecular flexibility index (Phi) is 6.12. The number of ketones is 1. The van der Waals surface area contributed by atoms with E-state index in [1.54, 1.807) is 42.5 Å². The van der Waals surface area contributed by atoms with Crippen LogP contribution >= 0.6 is 0 Å². The molecule has 2 aliphatic rings. The fourth-order valence-electron chi connectivity index (χ4n) is 4.62. The summed E-state index contributed by atoms with van der Waals surface area (Å²) >= 11 is 0. The van der Waals surface area contributed by atoms with Crippen LogP contribution in [-0.2, 0) is 4.79 Å². The number of carbonyl (C=O) groups is 2. The molecule has 0 aromatic heterocycles. The van der Waals surface area contributed by atoms with Crippen molar-refractivity contribution in [2.24, 2.45) is 0 Å². The molecule has 0 radical (unpaired) electrons. The lowest BCUT2D eigenvalue weighted by atomic mass is 9.84. The molecule has 2 heterocycles. The van der Waals surface area contributed by atoms with Gasteiger partial charge in [0.25, 0.3) is 0 Å². The number of hydrogen-bond acceptors (Lipinski definition) is 9. The van der Waals surface area contributed by atoms with E-state index < -0.39 is 11.9 Å². The molecule has 37 heavy (non-hydrogen) atoms. The van der Waals surface area contributed by atoms with E-state index in [2.05, 4.69) is 0 Å². The van der Waals surface area contributed by atoms with Crippen molar-refractivity contribution in [2.45, 2.75) is 12.3 Å². The highest BCUT2D eigenvalue weighted by Crippen LogP contribution is 2.50. The Morgan fingerprint density at radius 1 is 0.838 bits per heavy atom. The first-order valence-corrected chi connectivity index (χ1v) is 11.4. The minimum Gasteiger partial charge on any atom is -0.504 e. The Bertz CT molecular complexity index is 1450. The molecule has 190 valence electrons. The third-order valence-corrected chi connectivity index (χ3v) is 6.41. The van der Waals surface area contributed by atoms with Gasteiger partial charge >= 0.3 is 5.97 Å². The molecule has 0 bridgehead atoms. The third-order valence-electron chi connectivity index (χ3n) is 6.41. The molecule has 5 rings (SSSR count). The van der Waals surface area contributed by atoms with Gasteiger partial charge in [-0.15, -0.1) is 0 Å². The topological polar surface area (TPSA) is 110 Å². The number of allylic oxidation sites excluding steroid dienone is 1. The maximum atomic E-state index is 13.4. The van der Waals surface area contributed by atoms with Gasteiger partial charge < -0.3 is 33.5 Å². The Balaban J connectivity index is 1.60. The number of Topliss-reactive ketones (excluding diaryl/α,β-unsaturated/α-hetero) is 1. The molecular formula is C28H24O9. The van der Waals surface area contributed by atoms with Crippen molar-refractivity contribution in [1.29, 1.82) is 0 Å². The molecule has 9 heteroatoms. The van der Waals surface area contributed by atoms with Crippen LogP contribution in [0.25, 0.3) is 6.08 Å². The number of benzene rings is 3. The summed E-state index contributed by atoms with van der Waals surface area (Å²) in [5.41, 5.74) is 2.09. The number of phenols is 1. The van der Waals surface area contributed by atoms with Crippen molar-refractivity contribution in [3.05, 3.63) is 70.5 Å². The second kappa shape index (κ2) is 9.42. The predicted octanol–water partition coefficient (Wildman–Crippen LogP) is 4.48. The lowest BCUT2D eigenvalue weighted by Crippen LogP contribution is -2.21. The number of hydrogen-bond donors (Lipinski definition) is 1. The zero-order chi connectivity index (χ0) is 26.3. The van der Waals surface area contributed by atoms with Crippen LogP contribution in [0.4, 0.5) is 0 Å². The molecule has 0 saturated carbocycles. The van der Waals surface area contributed by atoms with Gasteiger partial charge in [-0.05, 0) is 42.0 Å². The summed E-state index contributed by atoms with van der Waals surface area (Å²) in [7, 11) is 5.99. The summed E-state index contributed by atoms with van der Waals surface area (Å²) < 4.78 is 32.9. The molecule has 2 aliphatic heterocycles. The summed E-state index contributed by atoms with van der Waals surface area (Å²) in [6.45, 7) is 0. The highest BCUT2D eigenvalue weighted by Gasteiger charge is 2.39. The maximum absolute atomic E-state index is 13.4. The Labute approximate surface area is 212 Å². The molecular weight excluding hydrogens is 480 g/mol. The fourth-order valence-corrected chi connectivity index (χ4v) is 4.62. The first-order valence-electron chi connectivity index (χ1n) is 11.4. The zero-order valence-corrected chi connectivity index (χ0v) is 20.6. The van der Waals surface area contributed by atoms with E-state index in [0.29, 0.717) is 56.8 Å². The normalized spacial score (nSPS) is 17.0. The second-order valence-electron chi connectivity index (χ2n) is 8.41. The molecule has 0 saturated heterocycles. The molecule has 0 spiro atoms. The summed E-state index contributed by atoms with van der Waals surface area (Å²) in [6, 6.07) is 11.4. The minimum atomic E-state index is -0.509. The largest absolute Gasteiger partial charge is 0.504 e. The van der Waals surface area contributed by atoms with Crippen LogP contribution in [0.15, 0.2) is 48.2 Å². The fraction of sp³-hybridized carbons (Fsp3) is 0.214. The average molecular weight is 504 g/mol. The van der Waals surface area contributed by atoms with Crippen molar-refractivity contribution >= 4 is 17.8 Å². The third kappa shape index (κ3) is 4.08. The minimum absolute atomic E-state index is 0.00925. The molecule has 3 aromatic rings. The molecule has 0 amide bonds. The predicted molar refractivity (Wildman–Crippen MR) is 132 cm³/mol. The lowest BCUT2D eigenvalue weighted by molar-refractivity contribution is -0.135. The van der Waals surface area contributed by atoms with E-state index in [9.17, 15) is 14.7 Å². The number of methoxy groups -OCH3 is 4. The van der Waals surface area contributed by atoms with Crippen LogP contribution in [0, 0.1) is 0 Å². The molecule has 9 nitrogen and oxygen atoms in total. The monoisotopic (exact) mass is 504 g/mol. The average Bonchev–Trinajstić information content (AvgIpc) is 3.22. The van der Waals surface area contributed by atoms with Crippen LogP contribution in [-0.4, -0.2) is 45.3 Å². The first kappa shape index (κ1) is 24.1. The number of carbonyl (C=O) groups excluding carboxylic acids is 2. The number of fused-ring (bicyclic) bond motifs is 3. The Morgan fingerprint density at radius 2 is 1.54 bits per heavy atom. The first-order chi connectivity index (χ1) is 17.9. The van der Waals surface area contributed by atoms with Crippen molar-refractivity contribution in [1.82, 2.24) is 0 Å². The van der Waals surface area contributed by atoms with E-state index in [-0.39, 0.29) is 23.7 Å². The summed E-state index contributed by atoms with van der Waals surface area (Å²) in [5.74, 6) is 1.05. The van der Waals surface area contributed by atoms with Crippen LogP contribution in [0.3, 0.4) is 0 Å². The molecule has 0 fully saturated rings. The van der Waals surface area contributed by atoms with Gasteiger partial charge in [-0.2, -0.15) is 0 Å². The number of ether oxygens (including phenoxy) is 6. The van der Waals surface area contributed by atoms with Crippen LogP contribution in [0.5, 0.6) is 40.2 Å². The Hall–Kier alpha value is -4.66. The summed E-state index contributed by atoms with van der Waals surface area (Å²) in [5, 5.41) is 10.3. The number of esters is 1. The molecule has 1 N–H and O–H groups in total. The Morgan fingerprint density at radius 3 is 2.22 bits per heavy atom. The van der Waals surface area contributed by atoms with Crippen LogP contribution in [0.1, 0.15) is 39.4 Å². The smallest absolute Gasteiger partial charge is 0.312 e. The van der Waals surface area contributed by atoms with Gasteiger partial charge in [0.15, 0.2) is 28.8 Å². The summed E-state index contributed by atoms with van der Waals surface area (Å²) in [6.07, 6.45) is 1.58. The van der Waals surface area contributed by atoms with Crippen molar-refractivity contribution in [2.75, 3.05) is 28.4 Å². The van der Waals surface area contributed by atoms with Crippen molar-refractivity contribution < 1.29 is 43.1 Å². The molecule has 1 atom stereocenters. The number of rotatable bonds is 6. The number of phenolic OH excluding ortho intramolecular Hbond substituents is 1. The van der Waals surface area contributed by atoms with Gasteiger partial charge in [-0.3, -0.25) is 9.59 Å². The van der Waals surface area contributed by atoms with Gasteiger partial charge in [0.2, 0.25) is 5.78 Å². The molecule has 0 aliphatic carbocycles. The van der Waals surface area contributed by atoms with E-state index >= 15 is 0 Å².